The molecule has 1 heterocycles. The molecule has 17 heavy (non-hydrogen) atoms. The van der Waals surface area contributed by atoms with Crippen LogP contribution in [0.1, 0.15) is 30.1 Å². The summed E-state index contributed by atoms with van der Waals surface area (Å²) in [6.07, 6.45) is 2.26. The van der Waals surface area contributed by atoms with Crippen molar-refractivity contribution in [2.45, 2.75) is 25.2 Å². The van der Waals surface area contributed by atoms with Crippen molar-refractivity contribution in [3.63, 3.8) is 0 Å². The van der Waals surface area contributed by atoms with Crippen LogP contribution in [0.15, 0.2) is 17.5 Å². The normalized spacial score (nSPS) is 32.9. The number of carbonyl (C=O) groups is 3. The van der Waals surface area contributed by atoms with Gasteiger partial charge in [-0.15, -0.1) is 11.3 Å². The van der Waals surface area contributed by atoms with Gasteiger partial charge in [0.25, 0.3) is 5.78 Å². The lowest BCUT2D eigenvalue weighted by Gasteiger charge is -2.28. The second-order valence-corrected chi connectivity index (χ2v) is 5.78. The zero-order valence-corrected chi connectivity index (χ0v) is 10.0. The molecule has 3 unspecified atom stereocenters. The Morgan fingerprint density at radius 1 is 1.06 bits per heavy atom. The summed E-state index contributed by atoms with van der Waals surface area (Å²) in [7, 11) is 0. The molecule has 2 fully saturated rings. The van der Waals surface area contributed by atoms with Crippen LogP contribution in [0.25, 0.3) is 0 Å². The van der Waals surface area contributed by atoms with E-state index in [1.807, 2.05) is 11.4 Å². The highest BCUT2D eigenvalue weighted by Gasteiger charge is 2.51. The fourth-order valence-corrected chi connectivity index (χ4v) is 3.89. The van der Waals surface area contributed by atoms with Gasteiger partial charge < -0.3 is 0 Å². The molecule has 1 aromatic heterocycles. The van der Waals surface area contributed by atoms with Gasteiger partial charge >= 0.3 is 0 Å². The Morgan fingerprint density at radius 3 is 2.53 bits per heavy atom. The third-order valence-electron chi connectivity index (χ3n) is 3.92. The zero-order chi connectivity index (χ0) is 12.0. The summed E-state index contributed by atoms with van der Waals surface area (Å²) in [6, 6.07) is 4.07. The first kappa shape index (κ1) is 10.8. The minimum Gasteiger partial charge on any atom is -0.290 e. The number of hydrogen-bond acceptors (Lipinski definition) is 4. The van der Waals surface area contributed by atoms with Gasteiger partial charge in [0.15, 0.2) is 0 Å². The molecule has 1 aromatic rings. The summed E-state index contributed by atoms with van der Waals surface area (Å²) in [5.74, 6) is -1.95. The average Bonchev–Trinajstić information content (AvgIpc) is 2.94. The first-order chi connectivity index (χ1) is 8.18. The van der Waals surface area contributed by atoms with Crippen LogP contribution >= 0.6 is 11.3 Å². The molecule has 0 spiro atoms. The summed E-state index contributed by atoms with van der Waals surface area (Å²) in [6.45, 7) is 0. The minimum atomic E-state index is -0.758. The van der Waals surface area contributed by atoms with E-state index in [0.717, 1.165) is 6.42 Å². The van der Waals surface area contributed by atoms with Crippen LogP contribution in [-0.4, -0.2) is 17.3 Å². The van der Waals surface area contributed by atoms with Gasteiger partial charge in [0.2, 0.25) is 11.6 Å². The summed E-state index contributed by atoms with van der Waals surface area (Å²) >= 11 is 1.69. The maximum absolute atomic E-state index is 11.7. The van der Waals surface area contributed by atoms with Crippen LogP contribution < -0.4 is 0 Å². The van der Waals surface area contributed by atoms with E-state index < -0.39 is 17.3 Å². The summed E-state index contributed by atoms with van der Waals surface area (Å²) in [5, 5.41) is 2.02. The molecule has 2 aliphatic carbocycles. The van der Waals surface area contributed by atoms with Gasteiger partial charge in [-0.1, -0.05) is 6.07 Å². The summed E-state index contributed by atoms with van der Waals surface area (Å²) in [4.78, 5) is 35.9. The molecule has 2 aliphatic rings. The molecular formula is C13H12O3S. The molecule has 88 valence electrons. The number of thiophene rings is 1. The van der Waals surface area contributed by atoms with Gasteiger partial charge in [-0.3, -0.25) is 14.4 Å². The number of ketones is 3. The van der Waals surface area contributed by atoms with Crippen molar-refractivity contribution in [1.29, 1.82) is 0 Å². The van der Waals surface area contributed by atoms with E-state index in [-0.39, 0.29) is 11.8 Å². The smallest absolute Gasteiger partial charge is 0.264 e. The van der Waals surface area contributed by atoms with E-state index in [1.54, 1.807) is 11.3 Å². The van der Waals surface area contributed by atoms with E-state index in [0.29, 0.717) is 18.8 Å². The average molecular weight is 248 g/mol. The lowest BCUT2D eigenvalue weighted by atomic mass is 9.75. The van der Waals surface area contributed by atoms with E-state index >= 15 is 0 Å². The van der Waals surface area contributed by atoms with Crippen molar-refractivity contribution in [2.24, 2.45) is 11.8 Å². The molecule has 0 amide bonds. The molecule has 4 heteroatoms. The lowest BCUT2D eigenvalue weighted by Crippen LogP contribution is -2.25. The molecule has 3 rings (SSSR count). The SMILES string of the molecule is O=C1C(=O)C2CCC(c3cccs3)CC2C1=O. The number of rotatable bonds is 1. The topological polar surface area (TPSA) is 51.2 Å². The maximum atomic E-state index is 11.7. The van der Waals surface area contributed by atoms with Crippen LogP contribution in [0, 0.1) is 11.8 Å². The third-order valence-corrected chi connectivity index (χ3v) is 4.95. The second-order valence-electron chi connectivity index (χ2n) is 4.80. The monoisotopic (exact) mass is 248 g/mol. The fourth-order valence-electron chi connectivity index (χ4n) is 3.01. The van der Waals surface area contributed by atoms with Crippen LogP contribution in [-0.2, 0) is 14.4 Å². The van der Waals surface area contributed by atoms with E-state index in [1.165, 1.54) is 4.88 Å². The Bertz CT molecular complexity index is 489. The van der Waals surface area contributed by atoms with Crippen LogP contribution in [0.3, 0.4) is 0 Å². The van der Waals surface area contributed by atoms with Crippen LogP contribution in [0.2, 0.25) is 0 Å². The number of Topliss-reactive ketones (excluding diaryl/α,β-unsaturated/α-hetero) is 3. The fraction of sp³-hybridized carbons (Fsp3) is 0.462. The Morgan fingerprint density at radius 2 is 1.82 bits per heavy atom. The van der Waals surface area contributed by atoms with E-state index in [2.05, 4.69) is 6.07 Å². The standard InChI is InChI=1S/C13H12O3S/c14-11-8-4-3-7(10-2-1-5-17-10)6-9(8)12(15)13(11)16/h1-2,5,7-9H,3-4,6H2. The number of hydrogen-bond donors (Lipinski definition) is 0. The predicted molar refractivity (Wildman–Crippen MR) is 62.9 cm³/mol. The molecule has 0 aromatic carbocycles. The summed E-state index contributed by atoms with van der Waals surface area (Å²) < 4.78 is 0. The number of carbonyl (C=O) groups excluding carboxylic acids is 3. The van der Waals surface area contributed by atoms with Gasteiger partial charge in [-0.2, -0.15) is 0 Å². The van der Waals surface area contributed by atoms with Gasteiger partial charge in [-0.05, 0) is 36.6 Å². The lowest BCUT2D eigenvalue weighted by molar-refractivity contribution is -0.141. The Kier molecular flexibility index (Phi) is 2.47. The quantitative estimate of drug-likeness (QED) is 0.714. The molecule has 0 saturated heterocycles. The highest BCUT2D eigenvalue weighted by molar-refractivity contribution is 7.10. The Hall–Kier alpha value is -1.29. The van der Waals surface area contributed by atoms with Crippen molar-refractivity contribution in [2.75, 3.05) is 0 Å². The van der Waals surface area contributed by atoms with Crippen molar-refractivity contribution in [1.82, 2.24) is 0 Å². The Balaban J connectivity index is 1.85. The van der Waals surface area contributed by atoms with Crippen molar-refractivity contribution < 1.29 is 14.4 Å². The van der Waals surface area contributed by atoms with Crippen LogP contribution in [0.5, 0.6) is 0 Å². The van der Waals surface area contributed by atoms with Crippen LogP contribution in [0.4, 0.5) is 0 Å². The van der Waals surface area contributed by atoms with Gasteiger partial charge in [0, 0.05) is 16.7 Å². The van der Waals surface area contributed by atoms with Crippen molar-refractivity contribution >= 4 is 28.7 Å². The molecule has 2 saturated carbocycles. The molecular weight excluding hydrogens is 236 g/mol. The highest BCUT2D eigenvalue weighted by atomic mass is 32.1. The van der Waals surface area contributed by atoms with Crippen molar-refractivity contribution in [3.05, 3.63) is 22.4 Å². The molecule has 3 nitrogen and oxygen atoms in total. The third kappa shape index (κ3) is 1.59. The second kappa shape index (κ2) is 3.88. The highest BCUT2D eigenvalue weighted by Crippen LogP contribution is 2.44. The summed E-state index contributed by atoms with van der Waals surface area (Å²) in [5.41, 5.74) is 0. The predicted octanol–water partition coefficient (Wildman–Crippen LogP) is 1.97. The number of fused-ring (bicyclic) bond motifs is 1. The molecule has 0 N–H and O–H groups in total. The van der Waals surface area contributed by atoms with Gasteiger partial charge in [0.1, 0.15) is 0 Å². The molecule has 3 atom stereocenters. The van der Waals surface area contributed by atoms with E-state index in [9.17, 15) is 14.4 Å². The molecule has 0 radical (unpaired) electrons. The zero-order valence-electron chi connectivity index (χ0n) is 9.22. The Labute approximate surface area is 103 Å². The molecule has 0 bridgehead atoms. The minimum absolute atomic E-state index is 0.314. The van der Waals surface area contributed by atoms with Crippen molar-refractivity contribution in [3.8, 4) is 0 Å². The first-order valence-corrected chi connectivity index (χ1v) is 6.72. The first-order valence-electron chi connectivity index (χ1n) is 5.84. The molecule has 0 aliphatic heterocycles. The maximum Gasteiger partial charge on any atom is 0.264 e. The van der Waals surface area contributed by atoms with E-state index in [4.69, 9.17) is 0 Å². The largest absolute Gasteiger partial charge is 0.290 e. The van der Waals surface area contributed by atoms with Gasteiger partial charge in [0.05, 0.1) is 0 Å². The van der Waals surface area contributed by atoms with Gasteiger partial charge in [-0.25, -0.2) is 0 Å².